The quantitative estimate of drug-likeness (QED) is 0.206. The van der Waals surface area contributed by atoms with Crippen LogP contribution in [0.2, 0.25) is 18.1 Å². The normalized spacial score (nSPS) is 17.3. The van der Waals surface area contributed by atoms with Gasteiger partial charge in [-0.2, -0.15) is 5.10 Å². The molecule has 1 aromatic heterocycles. The molecule has 6 nitrogen and oxygen atoms in total. The number of Topliss-reactive ketones (excluding diaryl/α,β-unsaturated/α-hetero) is 1. The van der Waals surface area contributed by atoms with Gasteiger partial charge in [0.2, 0.25) is 0 Å². The Morgan fingerprint density at radius 2 is 1.88 bits per heavy atom. The van der Waals surface area contributed by atoms with Crippen LogP contribution in [0.25, 0.3) is 5.69 Å². The Morgan fingerprint density at radius 1 is 1.15 bits per heavy atom. The number of ketones is 1. The van der Waals surface area contributed by atoms with E-state index in [-0.39, 0.29) is 10.8 Å². The van der Waals surface area contributed by atoms with E-state index in [1.54, 1.807) is 10.9 Å². The Balaban J connectivity index is 1.41. The SMILES string of the molecule is C[C@@H]1CCCN1CCCOc1ccc(-n2cc(C(=O)CCCO[Si](C)(C)C(C)(C)C)cn2)cc1. The minimum Gasteiger partial charge on any atom is -0.494 e. The molecular weight excluding hydrogens is 442 g/mol. The van der Waals surface area contributed by atoms with Crippen molar-refractivity contribution in [3.63, 3.8) is 0 Å². The van der Waals surface area contributed by atoms with Gasteiger partial charge in [-0.1, -0.05) is 20.8 Å². The summed E-state index contributed by atoms with van der Waals surface area (Å²) < 4.78 is 13.8. The third kappa shape index (κ3) is 7.27. The molecule has 0 amide bonds. The summed E-state index contributed by atoms with van der Waals surface area (Å²) in [6, 6.07) is 8.60. The van der Waals surface area contributed by atoms with Crippen molar-refractivity contribution in [1.29, 1.82) is 0 Å². The van der Waals surface area contributed by atoms with E-state index in [0.29, 0.717) is 24.6 Å². The topological polar surface area (TPSA) is 56.6 Å². The van der Waals surface area contributed by atoms with Crippen LogP contribution in [0.5, 0.6) is 5.75 Å². The number of hydrogen-bond acceptors (Lipinski definition) is 5. The average molecular weight is 486 g/mol. The van der Waals surface area contributed by atoms with Gasteiger partial charge in [-0.05, 0) is 81.5 Å². The van der Waals surface area contributed by atoms with Crippen molar-refractivity contribution in [2.45, 2.75) is 84.0 Å². The summed E-state index contributed by atoms with van der Waals surface area (Å²) in [4.78, 5) is 15.2. The van der Waals surface area contributed by atoms with Crippen molar-refractivity contribution in [2.75, 3.05) is 26.3 Å². The highest BCUT2D eigenvalue weighted by atomic mass is 28.4. The van der Waals surface area contributed by atoms with Gasteiger partial charge >= 0.3 is 0 Å². The lowest BCUT2D eigenvalue weighted by atomic mass is 10.1. The van der Waals surface area contributed by atoms with Crippen LogP contribution in [0.4, 0.5) is 0 Å². The molecule has 1 saturated heterocycles. The van der Waals surface area contributed by atoms with Gasteiger partial charge in [-0.15, -0.1) is 0 Å². The van der Waals surface area contributed by atoms with E-state index in [9.17, 15) is 4.79 Å². The molecule has 0 N–H and O–H groups in total. The first-order valence-electron chi connectivity index (χ1n) is 12.8. The molecule has 34 heavy (non-hydrogen) atoms. The maximum atomic E-state index is 12.6. The van der Waals surface area contributed by atoms with Crippen LogP contribution in [0.3, 0.4) is 0 Å². The van der Waals surface area contributed by atoms with E-state index in [4.69, 9.17) is 9.16 Å². The first-order chi connectivity index (χ1) is 16.1. The summed E-state index contributed by atoms with van der Waals surface area (Å²) in [7, 11) is -1.76. The molecule has 1 atom stereocenters. The van der Waals surface area contributed by atoms with Crippen LogP contribution in [0.1, 0.15) is 70.2 Å². The molecule has 188 valence electrons. The Morgan fingerprint density at radius 3 is 2.53 bits per heavy atom. The molecule has 0 unspecified atom stereocenters. The molecule has 1 aliphatic rings. The van der Waals surface area contributed by atoms with E-state index in [1.165, 1.54) is 19.4 Å². The number of rotatable bonds is 12. The Bertz CT molecular complexity index is 918. The maximum Gasteiger partial charge on any atom is 0.191 e. The molecule has 2 aromatic rings. The number of nitrogens with zero attached hydrogens (tertiary/aromatic N) is 3. The summed E-state index contributed by atoms with van der Waals surface area (Å²) in [5.74, 6) is 0.973. The smallest absolute Gasteiger partial charge is 0.191 e. The second kappa shape index (κ2) is 11.6. The molecule has 1 fully saturated rings. The van der Waals surface area contributed by atoms with Gasteiger partial charge in [0, 0.05) is 31.8 Å². The Hall–Kier alpha value is -1.96. The van der Waals surface area contributed by atoms with Gasteiger partial charge in [0.25, 0.3) is 0 Å². The van der Waals surface area contributed by atoms with E-state index < -0.39 is 8.32 Å². The number of ether oxygens (including phenoxy) is 1. The fourth-order valence-corrected chi connectivity index (χ4v) is 5.09. The monoisotopic (exact) mass is 485 g/mol. The van der Waals surface area contributed by atoms with Crippen LogP contribution in [0.15, 0.2) is 36.7 Å². The minimum absolute atomic E-state index is 0.109. The number of hydrogen-bond donors (Lipinski definition) is 0. The van der Waals surface area contributed by atoms with Crippen LogP contribution in [-0.4, -0.2) is 61.1 Å². The van der Waals surface area contributed by atoms with Gasteiger partial charge in [0.1, 0.15) is 5.75 Å². The summed E-state index contributed by atoms with van der Waals surface area (Å²) in [5.41, 5.74) is 1.56. The van der Waals surface area contributed by atoms with Crippen LogP contribution < -0.4 is 4.74 Å². The summed E-state index contributed by atoms with van der Waals surface area (Å²) in [5, 5.41) is 4.57. The first kappa shape index (κ1) is 26.6. The molecule has 0 bridgehead atoms. The summed E-state index contributed by atoms with van der Waals surface area (Å²) in [6.45, 7) is 17.2. The molecule has 1 aromatic carbocycles. The zero-order valence-corrected chi connectivity index (χ0v) is 23.0. The third-order valence-electron chi connectivity index (χ3n) is 7.37. The lowest BCUT2D eigenvalue weighted by Crippen LogP contribution is -2.41. The lowest BCUT2D eigenvalue weighted by molar-refractivity contribution is 0.0972. The molecule has 2 heterocycles. The Labute approximate surface area is 206 Å². The number of likely N-dealkylation sites (tertiary alicyclic amines) is 1. The maximum absolute atomic E-state index is 12.6. The zero-order valence-electron chi connectivity index (χ0n) is 22.0. The highest BCUT2D eigenvalue weighted by Crippen LogP contribution is 2.36. The van der Waals surface area contributed by atoms with Crippen LogP contribution in [0, 0.1) is 0 Å². The summed E-state index contributed by atoms with van der Waals surface area (Å²) >= 11 is 0. The number of aromatic nitrogens is 2. The van der Waals surface area contributed by atoms with Crippen molar-refractivity contribution in [1.82, 2.24) is 14.7 Å². The van der Waals surface area contributed by atoms with Crippen molar-refractivity contribution < 1.29 is 14.0 Å². The van der Waals surface area contributed by atoms with Crippen molar-refractivity contribution in [2.24, 2.45) is 0 Å². The van der Waals surface area contributed by atoms with Gasteiger partial charge in [0.05, 0.1) is 24.1 Å². The lowest BCUT2D eigenvalue weighted by Gasteiger charge is -2.36. The molecule has 0 spiro atoms. The molecule has 3 rings (SSSR count). The minimum atomic E-state index is -1.76. The van der Waals surface area contributed by atoms with Crippen molar-refractivity contribution in [3.8, 4) is 11.4 Å². The molecule has 0 radical (unpaired) electrons. The van der Waals surface area contributed by atoms with Crippen LogP contribution >= 0.6 is 0 Å². The van der Waals surface area contributed by atoms with Crippen molar-refractivity contribution in [3.05, 3.63) is 42.2 Å². The predicted octanol–water partition coefficient (Wildman–Crippen LogP) is 6.11. The fourth-order valence-electron chi connectivity index (χ4n) is 4.01. The van der Waals surface area contributed by atoms with Gasteiger partial charge in [0.15, 0.2) is 14.1 Å². The summed E-state index contributed by atoms with van der Waals surface area (Å²) in [6.07, 6.45) is 8.34. The van der Waals surface area contributed by atoms with Gasteiger partial charge in [-0.25, -0.2) is 4.68 Å². The van der Waals surface area contributed by atoms with Gasteiger partial charge < -0.3 is 14.1 Å². The molecule has 1 aliphatic heterocycles. The fraction of sp³-hybridized carbons (Fsp3) is 0.630. The second-order valence-electron chi connectivity index (χ2n) is 11.0. The van der Waals surface area contributed by atoms with Crippen LogP contribution in [-0.2, 0) is 4.43 Å². The molecule has 0 saturated carbocycles. The average Bonchev–Trinajstić information content (AvgIpc) is 3.43. The van der Waals surface area contributed by atoms with Crippen molar-refractivity contribution >= 4 is 14.1 Å². The largest absolute Gasteiger partial charge is 0.494 e. The highest BCUT2D eigenvalue weighted by Gasteiger charge is 2.36. The van der Waals surface area contributed by atoms with E-state index in [0.717, 1.165) is 37.4 Å². The van der Waals surface area contributed by atoms with E-state index in [2.05, 4.69) is 50.8 Å². The first-order valence-corrected chi connectivity index (χ1v) is 15.7. The highest BCUT2D eigenvalue weighted by molar-refractivity contribution is 6.74. The molecular formula is C27H43N3O3Si. The third-order valence-corrected chi connectivity index (χ3v) is 11.9. The standard InChI is InChI=1S/C27H43N3O3Si/c1-22-10-7-16-29(22)17-9-18-32-25-14-12-24(13-15-25)30-21-23(20-28-30)26(31)11-8-19-33-34(5,6)27(2,3)4/h12-15,20-22H,7-11,16-19H2,1-6H3/t22-/m1/s1. The Kier molecular flexibility index (Phi) is 9.12. The molecule has 7 heteroatoms. The number of carbonyl (C=O) groups is 1. The van der Waals surface area contributed by atoms with E-state index in [1.807, 2.05) is 30.5 Å². The van der Waals surface area contributed by atoms with E-state index >= 15 is 0 Å². The second-order valence-corrected chi connectivity index (χ2v) is 15.8. The van der Waals surface area contributed by atoms with Gasteiger partial charge in [-0.3, -0.25) is 4.79 Å². The molecule has 0 aliphatic carbocycles. The number of benzene rings is 1. The predicted molar refractivity (Wildman–Crippen MR) is 141 cm³/mol. The zero-order chi connectivity index (χ0) is 24.8. The number of carbonyl (C=O) groups excluding carboxylic acids is 1.